The highest BCUT2D eigenvalue weighted by Gasteiger charge is 2.32. The molecule has 3 heterocycles. The number of phenolic OH excluding ortho intramolecular Hbond substituents is 1. The zero-order chi connectivity index (χ0) is 20.8. The van der Waals surface area contributed by atoms with Gasteiger partial charge in [0.1, 0.15) is 11.4 Å². The third-order valence-electron chi connectivity index (χ3n) is 4.86. The predicted molar refractivity (Wildman–Crippen MR) is 102 cm³/mol. The Morgan fingerprint density at radius 2 is 1.79 bits per heavy atom. The van der Waals surface area contributed by atoms with Crippen LogP contribution in [0, 0.1) is 0 Å². The van der Waals surface area contributed by atoms with E-state index in [4.69, 9.17) is 4.74 Å². The fraction of sp³-hybridized carbons (Fsp3) is 0.350. The summed E-state index contributed by atoms with van der Waals surface area (Å²) < 4.78 is 44.5. The standard InChI is InChI=1S/C20H19F3N4O2/c1-11-9-27(10-12(2)29-11)19-16-8-24-6-5-14(16)18(25-26-19)15-4-3-13(7-17(15)28)20(21,22)23/h3-8,11-12,28H,9-10H2,1-2H3/t11-,12+. The van der Waals surface area contributed by atoms with Gasteiger partial charge in [-0.3, -0.25) is 4.98 Å². The molecule has 1 aliphatic heterocycles. The number of alkyl halides is 3. The molecule has 0 spiro atoms. The first-order valence-corrected chi connectivity index (χ1v) is 9.15. The molecule has 4 rings (SSSR count). The Labute approximate surface area is 165 Å². The zero-order valence-corrected chi connectivity index (χ0v) is 15.8. The number of rotatable bonds is 2. The van der Waals surface area contributed by atoms with Gasteiger partial charge in [0, 0.05) is 41.8 Å². The van der Waals surface area contributed by atoms with Crippen molar-refractivity contribution >= 4 is 16.6 Å². The van der Waals surface area contributed by atoms with Crippen LogP contribution in [0.5, 0.6) is 5.75 Å². The number of halogens is 3. The quantitative estimate of drug-likeness (QED) is 0.695. The van der Waals surface area contributed by atoms with Crippen molar-refractivity contribution in [3.05, 3.63) is 42.2 Å². The molecule has 3 aromatic rings. The van der Waals surface area contributed by atoms with Gasteiger partial charge in [0.2, 0.25) is 0 Å². The lowest BCUT2D eigenvalue weighted by Crippen LogP contribution is -2.46. The van der Waals surface area contributed by atoms with Crippen molar-refractivity contribution < 1.29 is 23.0 Å². The molecule has 0 radical (unpaired) electrons. The van der Waals surface area contributed by atoms with Gasteiger partial charge in [0.05, 0.1) is 17.8 Å². The van der Waals surface area contributed by atoms with E-state index >= 15 is 0 Å². The van der Waals surface area contributed by atoms with Crippen molar-refractivity contribution in [3.8, 4) is 17.0 Å². The van der Waals surface area contributed by atoms with E-state index in [1.165, 1.54) is 6.07 Å². The van der Waals surface area contributed by atoms with Gasteiger partial charge in [-0.1, -0.05) is 0 Å². The first-order chi connectivity index (χ1) is 13.7. The summed E-state index contributed by atoms with van der Waals surface area (Å²) in [6.07, 6.45) is -1.28. The van der Waals surface area contributed by atoms with Crippen molar-refractivity contribution in [1.29, 1.82) is 0 Å². The average molecular weight is 404 g/mol. The van der Waals surface area contributed by atoms with E-state index in [0.717, 1.165) is 6.07 Å². The lowest BCUT2D eigenvalue weighted by atomic mass is 10.0. The summed E-state index contributed by atoms with van der Waals surface area (Å²) in [4.78, 5) is 6.23. The van der Waals surface area contributed by atoms with Gasteiger partial charge >= 0.3 is 6.18 Å². The molecule has 1 saturated heterocycles. The van der Waals surface area contributed by atoms with Crippen molar-refractivity contribution in [2.75, 3.05) is 18.0 Å². The van der Waals surface area contributed by atoms with Crippen LogP contribution in [0.1, 0.15) is 19.4 Å². The number of aromatic hydroxyl groups is 1. The molecule has 0 aliphatic carbocycles. The van der Waals surface area contributed by atoms with Crippen LogP contribution in [0.4, 0.5) is 19.0 Å². The van der Waals surface area contributed by atoms with Gasteiger partial charge in [-0.25, -0.2) is 0 Å². The molecule has 1 fully saturated rings. The van der Waals surface area contributed by atoms with Crippen LogP contribution in [0.15, 0.2) is 36.7 Å². The van der Waals surface area contributed by atoms with Crippen LogP contribution in [-0.2, 0) is 10.9 Å². The fourth-order valence-electron chi connectivity index (χ4n) is 3.68. The summed E-state index contributed by atoms with van der Waals surface area (Å²) in [7, 11) is 0. The monoisotopic (exact) mass is 404 g/mol. The van der Waals surface area contributed by atoms with Crippen molar-refractivity contribution in [2.45, 2.75) is 32.2 Å². The van der Waals surface area contributed by atoms with E-state index in [1.807, 2.05) is 13.8 Å². The Morgan fingerprint density at radius 3 is 2.45 bits per heavy atom. The molecule has 2 aromatic heterocycles. The summed E-state index contributed by atoms with van der Waals surface area (Å²) >= 11 is 0. The predicted octanol–water partition coefficient (Wildman–Crippen LogP) is 4.03. The highest BCUT2D eigenvalue weighted by molar-refractivity contribution is 6.00. The summed E-state index contributed by atoms with van der Waals surface area (Å²) in [6.45, 7) is 5.22. The molecule has 152 valence electrons. The molecule has 1 N–H and O–H groups in total. The fourth-order valence-corrected chi connectivity index (χ4v) is 3.68. The Balaban J connectivity index is 1.82. The first-order valence-electron chi connectivity index (χ1n) is 9.15. The molecule has 29 heavy (non-hydrogen) atoms. The molecular weight excluding hydrogens is 385 g/mol. The van der Waals surface area contributed by atoms with Gasteiger partial charge in [-0.05, 0) is 38.1 Å². The minimum absolute atomic E-state index is 0.0194. The smallest absolute Gasteiger partial charge is 0.416 e. The lowest BCUT2D eigenvalue weighted by molar-refractivity contribution is -0.137. The Kier molecular flexibility index (Phi) is 4.77. The Hall–Kier alpha value is -2.94. The number of pyridine rings is 1. The molecule has 0 unspecified atom stereocenters. The van der Waals surface area contributed by atoms with E-state index in [-0.39, 0.29) is 17.8 Å². The van der Waals surface area contributed by atoms with E-state index in [2.05, 4.69) is 20.1 Å². The average Bonchev–Trinajstić information content (AvgIpc) is 2.66. The maximum Gasteiger partial charge on any atom is 0.416 e. The second-order valence-electron chi connectivity index (χ2n) is 7.19. The number of nitrogens with zero attached hydrogens (tertiary/aromatic N) is 4. The number of hydrogen-bond donors (Lipinski definition) is 1. The van der Waals surface area contributed by atoms with E-state index < -0.39 is 17.5 Å². The number of morpholine rings is 1. The second-order valence-corrected chi connectivity index (χ2v) is 7.19. The first kappa shape index (κ1) is 19.4. The van der Waals surface area contributed by atoms with Crippen LogP contribution in [0.3, 0.4) is 0 Å². The van der Waals surface area contributed by atoms with Crippen molar-refractivity contribution in [3.63, 3.8) is 0 Å². The van der Waals surface area contributed by atoms with Crippen LogP contribution < -0.4 is 4.90 Å². The summed E-state index contributed by atoms with van der Waals surface area (Å²) in [6, 6.07) is 4.54. The number of ether oxygens (including phenoxy) is 1. The number of aromatic nitrogens is 3. The van der Waals surface area contributed by atoms with Crippen LogP contribution in [0.2, 0.25) is 0 Å². The molecule has 2 atom stereocenters. The van der Waals surface area contributed by atoms with Crippen molar-refractivity contribution in [1.82, 2.24) is 15.2 Å². The highest BCUT2D eigenvalue weighted by Crippen LogP contribution is 2.39. The van der Waals surface area contributed by atoms with E-state index in [0.29, 0.717) is 41.4 Å². The normalized spacial score (nSPS) is 20.2. The molecule has 0 bridgehead atoms. The second kappa shape index (κ2) is 7.14. The van der Waals surface area contributed by atoms with Crippen LogP contribution >= 0.6 is 0 Å². The number of phenols is 1. The number of hydrogen-bond acceptors (Lipinski definition) is 6. The highest BCUT2D eigenvalue weighted by atomic mass is 19.4. The molecule has 0 amide bonds. The molecule has 1 aromatic carbocycles. The Bertz CT molecular complexity index is 1050. The third kappa shape index (κ3) is 3.69. The third-order valence-corrected chi connectivity index (χ3v) is 4.86. The summed E-state index contributed by atoms with van der Waals surface area (Å²) in [5.41, 5.74) is -0.450. The number of anilines is 1. The van der Waals surface area contributed by atoms with Gasteiger partial charge < -0.3 is 14.7 Å². The topological polar surface area (TPSA) is 71.4 Å². The molecule has 9 heteroatoms. The maximum absolute atomic E-state index is 12.9. The Morgan fingerprint density at radius 1 is 1.07 bits per heavy atom. The number of benzene rings is 1. The van der Waals surface area contributed by atoms with E-state index in [9.17, 15) is 18.3 Å². The summed E-state index contributed by atoms with van der Waals surface area (Å²) in [5, 5.41) is 20.2. The molecular formula is C20H19F3N4O2. The largest absolute Gasteiger partial charge is 0.507 e. The number of fused-ring (bicyclic) bond motifs is 1. The minimum Gasteiger partial charge on any atom is -0.507 e. The lowest BCUT2D eigenvalue weighted by Gasteiger charge is -2.36. The van der Waals surface area contributed by atoms with Crippen LogP contribution in [0.25, 0.3) is 22.0 Å². The summed E-state index contributed by atoms with van der Waals surface area (Å²) in [5.74, 6) is 0.124. The molecule has 1 aliphatic rings. The van der Waals surface area contributed by atoms with Gasteiger partial charge in [-0.2, -0.15) is 13.2 Å². The zero-order valence-electron chi connectivity index (χ0n) is 15.8. The van der Waals surface area contributed by atoms with Gasteiger partial charge in [-0.15, -0.1) is 10.2 Å². The van der Waals surface area contributed by atoms with Gasteiger partial charge in [0.15, 0.2) is 5.82 Å². The SMILES string of the molecule is C[C@@H]1CN(c2nnc(-c3ccc(C(F)(F)F)cc3O)c3ccncc23)C[C@H](C)O1. The molecule has 0 saturated carbocycles. The van der Waals surface area contributed by atoms with Crippen molar-refractivity contribution in [2.24, 2.45) is 0 Å². The molecule has 6 nitrogen and oxygen atoms in total. The van der Waals surface area contributed by atoms with Gasteiger partial charge in [0.25, 0.3) is 0 Å². The maximum atomic E-state index is 12.9. The minimum atomic E-state index is -4.54. The van der Waals surface area contributed by atoms with Crippen LogP contribution in [-0.4, -0.2) is 45.6 Å². The van der Waals surface area contributed by atoms with E-state index in [1.54, 1.807) is 18.5 Å².